The average molecular weight is 413 g/mol. The second-order valence-electron chi connectivity index (χ2n) is 5.66. The van der Waals surface area contributed by atoms with E-state index in [1.807, 2.05) is 6.92 Å². The topological polar surface area (TPSA) is 97.5 Å². The number of aromatic amines is 1. The van der Waals surface area contributed by atoms with Crippen molar-refractivity contribution in [3.05, 3.63) is 51.4 Å². The van der Waals surface area contributed by atoms with Gasteiger partial charge in [-0.25, -0.2) is 0 Å². The van der Waals surface area contributed by atoms with E-state index in [-0.39, 0.29) is 22.7 Å². The first-order valence-corrected chi connectivity index (χ1v) is 10.1. The summed E-state index contributed by atoms with van der Waals surface area (Å²) in [6.45, 7) is 2.39. The summed E-state index contributed by atoms with van der Waals surface area (Å²) in [4.78, 5) is 26.9. The van der Waals surface area contributed by atoms with Crippen LogP contribution >= 0.6 is 11.6 Å². The molecule has 1 heterocycles. The maximum absolute atomic E-state index is 12.2. The molecule has 0 radical (unpaired) electrons. The van der Waals surface area contributed by atoms with Crippen LogP contribution in [0.25, 0.3) is 0 Å². The van der Waals surface area contributed by atoms with Gasteiger partial charge in [-0.1, -0.05) is 18.5 Å². The van der Waals surface area contributed by atoms with Crippen LogP contribution in [-0.4, -0.2) is 34.6 Å². The van der Waals surface area contributed by atoms with Gasteiger partial charge in [0, 0.05) is 34.4 Å². The molecule has 9 heteroatoms. The lowest BCUT2D eigenvalue weighted by Gasteiger charge is -2.08. The predicted molar refractivity (Wildman–Crippen MR) is 106 cm³/mol. The number of hydrogen-bond acceptors (Lipinski definition) is 5. The minimum absolute atomic E-state index is 0.0556. The van der Waals surface area contributed by atoms with Gasteiger partial charge in [0.15, 0.2) is 5.75 Å². The smallest absolute Gasteiger partial charge is 0.237 e. The van der Waals surface area contributed by atoms with Crippen molar-refractivity contribution in [3.8, 4) is 11.5 Å². The van der Waals surface area contributed by atoms with Gasteiger partial charge in [-0.3, -0.25) is 13.8 Å². The normalized spacial score (nSPS) is 11.7. The Bertz CT molecular complexity index is 884. The molecule has 0 saturated heterocycles. The molecule has 0 aliphatic rings. The van der Waals surface area contributed by atoms with Crippen molar-refractivity contribution in [3.63, 3.8) is 0 Å². The predicted octanol–water partition coefficient (Wildman–Crippen LogP) is 2.71. The second-order valence-corrected chi connectivity index (χ2v) is 7.53. The minimum atomic E-state index is -1.49. The number of carbonyl (C=O) groups is 1. The summed E-state index contributed by atoms with van der Waals surface area (Å²) in [5.74, 6) is 0.147. The van der Waals surface area contributed by atoms with Crippen LogP contribution in [0.4, 0.5) is 5.69 Å². The van der Waals surface area contributed by atoms with Gasteiger partial charge < -0.3 is 19.8 Å². The molecule has 1 aromatic heterocycles. The quantitative estimate of drug-likeness (QED) is 0.660. The van der Waals surface area contributed by atoms with Gasteiger partial charge in [0.1, 0.15) is 11.5 Å². The van der Waals surface area contributed by atoms with E-state index in [1.165, 1.54) is 19.4 Å². The third-order valence-electron chi connectivity index (χ3n) is 3.44. The number of benzene rings is 1. The van der Waals surface area contributed by atoms with Crippen molar-refractivity contribution in [2.75, 3.05) is 24.8 Å². The van der Waals surface area contributed by atoms with E-state index in [1.54, 1.807) is 18.2 Å². The summed E-state index contributed by atoms with van der Waals surface area (Å²) in [7, 11) is 0.00846. The highest BCUT2D eigenvalue weighted by Gasteiger charge is 2.12. The number of nitrogens with one attached hydrogen (secondary N) is 2. The van der Waals surface area contributed by atoms with Gasteiger partial charge in [0.25, 0.3) is 0 Å². The summed E-state index contributed by atoms with van der Waals surface area (Å²) in [6.07, 6.45) is 2.24. The van der Waals surface area contributed by atoms with Crippen LogP contribution < -0.4 is 20.2 Å². The summed E-state index contributed by atoms with van der Waals surface area (Å²) in [5.41, 5.74) is 0.669. The minimum Gasteiger partial charge on any atom is -0.495 e. The fourth-order valence-corrected chi connectivity index (χ4v) is 3.46. The van der Waals surface area contributed by atoms with Crippen LogP contribution in [0.5, 0.6) is 11.5 Å². The summed E-state index contributed by atoms with van der Waals surface area (Å²) in [5, 5.41) is 2.99. The Kier molecular flexibility index (Phi) is 7.87. The first-order chi connectivity index (χ1) is 12.9. The van der Waals surface area contributed by atoms with Gasteiger partial charge in [0.05, 0.1) is 24.5 Å². The van der Waals surface area contributed by atoms with Crippen LogP contribution in [0.15, 0.2) is 35.3 Å². The van der Waals surface area contributed by atoms with E-state index in [9.17, 15) is 13.8 Å². The molecule has 1 amide bonds. The first-order valence-electron chi connectivity index (χ1n) is 8.25. The lowest BCUT2D eigenvalue weighted by atomic mass is 10.3. The zero-order chi connectivity index (χ0) is 19.8. The van der Waals surface area contributed by atoms with Crippen LogP contribution in [0.1, 0.15) is 19.0 Å². The molecular formula is C18H21ClN2O5S. The number of rotatable bonds is 9. The number of carbonyl (C=O) groups excluding carboxylic acids is 1. The first kappa shape index (κ1) is 21.0. The molecule has 1 atom stereocenters. The average Bonchev–Trinajstić information content (AvgIpc) is 2.61. The number of amides is 1. The van der Waals surface area contributed by atoms with Crippen molar-refractivity contribution in [2.45, 2.75) is 19.1 Å². The number of anilines is 1. The summed E-state index contributed by atoms with van der Waals surface area (Å²) in [6, 6.07) is 6.15. The molecule has 1 aromatic carbocycles. The number of pyridine rings is 1. The van der Waals surface area contributed by atoms with Crippen LogP contribution in [0.3, 0.4) is 0 Å². The SMILES string of the molecule is CCCOc1c[nH]c(CS(=O)CC(=O)Nc2ccc(OC)c(Cl)c2)cc1=O. The molecule has 0 aliphatic heterocycles. The molecule has 0 bridgehead atoms. The molecule has 0 spiro atoms. The Labute approximate surface area is 164 Å². The third kappa shape index (κ3) is 6.41. The Morgan fingerprint density at radius 1 is 1.30 bits per heavy atom. The van der Waals surface area contributed by atoms with E-state index in [4.69, 9.17) is 21.1 Å². The van der Waals surface area contributed by atoms with Gasteiger partial charge in [-0.15, -0.1) is 0 Å². The number of ether oxygens (including phenoxy) is 2. The highest BCUT2D eigenvalue weighted by Crippen LogP contribution is 2.27. The molecule has 2 N–H and O–H groups in total. The highest BCUT2D eigenvalue weighted by molar-refractivity contribution is 7.84. The number of aromatic nitrogens is 1. The zero-order valence-electron chi connectivity index (χ0n) is 15.0. The largest absolute Gasteiger partial charge is 0.495 e. The van der Waals surface area contributed by atoms with Crippen molar-refractivity contribution in [1.29, 1.82) is 0 Å². The Hall–Kier alpha value is -2.32. The molecular weight excluding hydrogens is 392 g/mol. The summed E-state index contributed by atoms with van der Waals surface area (Å²) >= 11 is 6.01. The lowest BCUT2D eigenvalue weighted by molar-refractivity contribution is -0.113. The Morgan fingerprint density at radius 2 is 2.07 bits per heavy atom. The monoisotopic (exact) mass is 412 g/mol. The number of H-pyrrole nitrogens is 1. The molecule has 0 fully saturated rings. The molecule has 2 rings (SSSR count). The van der Waals surface area contributed by atoms with Crippen LogP contribution in [-0.2, 0) is 21.3 Å². The zero-order valence-corrected chi connectivity index (χ0v) is 16.6. The fourth-order valence-electron chi connectivity index (χ4n) is 2.22. The molecule has 0 saturated carbocycles. The van der Waals surface area contributed by atoms with Gasteiger partial charge in [0.2, 0.25) is 11.3 Å². The molecule has 1 unspecified atom stereocenters. The number of hydrogen-bond donors (Lipinski definition) is 2. The van der Waals surface area contributed by atoms with Crippen LogP contribution in [0, 0.1) is 0 Å². The van der Waals surface area contributed by atoms with Gasteiger partial charge in [-0.2, -0.15) is 0 Å². The molecule has 0 aliphatic carbocycles. The Morgan fingerprint density at radius 3 is 2.70 bits per heavy atom. The van der Waals surface area contributed by atoms with E-state index >= 15 is 0 Å². The Balaban J connectivity index is 1.91. The van der Waals surface area contributed by atoms with Crippen molar-refractivity contribution in [1.82, 2.24) is 4.98 Å². The molecule has 2 aromatic rings. The maximum atomic E-state index is 12.2. The highest BCUT2D eigenvalue weighted by atomic mass is 35.5. The molecule has 27 heavy (non-hydrogen) atoms. The standard InChI is InChI=1S/C18H21ClN2O5S/c1-3-6-26-17-9-20-13(8-15(17)22)10-27(24)11-18(23)21-12-4-5-16(25-2)14(19)7-12/h4-5,7-9H,3,6,10-11H2,1-2H3,(H,20,22)(H,21,23). The number of methoxy groups -OCH3 is 1. The van der Waals surface area contributed by atoms with Crippen molar-refractivity contribution in [2.24, 2.45) is 0 Å². The molecule has 146 valence electrons. The maximum Gasteiger partial charge on any atom is 0.237 e. The van der Waals surface area contributed by atoms with Gasteiger partial charge >= 0.3 is 0 Å². The third-order valence-corrected chi connectivity index (χ3v) is 4.96. The van der Waals surface area contributed by atoms with E-state index in [0.717, 1.165) is 6.42 Å². The number of halogens is 1. The van der Waals surface area contributed by atoms with E-state index in [2.05, 4.69) is 10.3 Å². The lowest BCUT2D eigenvalue weighted by Crippen LogP contribution is -2.21. The van der Waals surface area contributed by atoms with Crippen molar-refractivity contribution >= 4 is 34.0 Å². The van der Waals surface area contributed by atoms with E-state index < -0.39 is 16.7 Å². The fraction of sp³-hybridized carbons (Fsp3) is 0.333. The van der Waals surface area contributed by atoms with E-state index in [0.29, 0.717) is 28.8 Å². The molecule has 7 nitrogen and oxygen atoms in total. The summed E-state index contributed by atoms with van der Waals surface area (Å²) < 4.78 is 22.5. The second kappa shape index (κ2) is 10.1. The van der Waals surface area contributed by atoms with Crippen LogP contribution in [0.2, 0.25) is 5.02 Å². The van der Waals surface area contributed by atoms with Crippen molar-refractivity contribution < 1.29 is 18.5 Å². The van der Waals surface area contributed by atoms with Gasteiger partial charge in [-0.05, 0) is 24.6 Å².